The van der Waals surface area contributed by atoms with E-state index >= 15 is 0 Å². The number of ether oxygens (including phenoxy) is 1. The van der Waals surface area contributed by atoms with Crippen LogP contribution < -0.4 is 5.32 Å². The van der Waals surface area contributed by atoms with Gasteiger partial charge in [0.1, 0.15) is 5.58 Å². The molecule has 1 aliphatic heterocycles. The molecule has 0 atom stereocenters. The van der Waals surface area contributed by atoms with Gasteiger partial charge in [-0.3, -0.25) is 9.69 Å². The second-order valence-electron chi connectivity index (χ2n) is 7.45. The molecule has 1 N–H and O–H groups in total. The number of carbonyl (C=O) groups excluding carboxylic acids is 1. The topological polar surface area (TPSA) is 54.7 Å². The number of morpholine rings is 1. The van der Waals surface area contributed by atoms with Crippen molar-refractivity contribution in [3.63, 3.8) is 0 Å². The molecule has 0 radical (unpaired) electrons. The number of hydrogen-bond donors (Lipinski definition) is 1. The minimum atomic E-state index is -0.122. The lowest BCUT2D eigenvalue weighted by atomic mass is 10.1. The Morgan fingerprint density at radius 2 is 1.77 bits per heavy atom. The summed E-state index contributed by atoms with van der Waals surface area (Å²) in [6.45, 7) is 5.17. The highest BCUT2D eigenvalue weighted by atomic mass is 32.2. The van der Waals surface area contributed by atoms with Crippen molar-refractivity contribution in [2.75, 3.05) is 39.4 Å². The molecule has 0 bridgehead atoms. The molecular weight excluding hydrogens is 396 g/mol. The highest BCUT2D eigenvalue weighted by Gasteiger charge is 2.20. The number of thioether (sulfide) groups is 1. The molecule has 0 spiro atoms. The van der Waals surface area contributed by atoms with Crippen molar-refractivity contribution in [1.82, 2.24) is 10.2 Å². The monoisotopic (exact) mass is 424 g/mol. The van der Waals surface area contributed by atoms with Crippen LogP contribution in [0.1, 0.15) is 28.1 Å². The largest absolute Gasteiger partial charge is 0.451 e. The maximum atomic E-state index is 12.9. The summed E-state index contributed by atoms with van der Waals surface area (Å²) in [4.78, 5) is 15.2. The summed E-state index contributed by atoms with van der Waals surface area (Å²) in [6, 6.07) is 18.3. The van der Waals surface area contributed by atoms with Gasteiger partial charge in [-0.2, -0.15) is 11.8 Å². The first-order valence-corrected chi connectivity index (χ1v) is 11.7. The predicted molar refractivity (Wildman–Crippen MR) is 122 cm³/mol. The minimum absolute atomic E-state index is 0.122. The highest BCUT2D eigenvalue weighted by Crippen LogP contribution is 2.30. The van der Waals surface area contributed by atoms with E-state index in [9.17, 15) is 4.79 Å². The van der Waals surface area contributed by atoms with Crippen molar-refractivity contribution in [1.29, 1.82) is 0 Å². The first-order chi connectivity index (χ1) is 14.8. The van der Waals surface area contributed by atoms with Crippen LogP contribution in [-0.4, -0.2) is 50.2 Å². The third-order valence-electron chi connectivity index (χ3n) is 5.30. The van der Waals surface area contributed by atoms with E-state index in [4.69, 9.17) is 9.15 Å². The summed E-state index contributed by atoms with van der Waals surface area (Å²) >= 11 is 1.80. The summed E-state index contributed by atoms with van der Waals surface area (Å²) in [6.07, 6.45) is 0.921. The first-order valence-electron chi connectivity index (χ1n) is 10.5. The van der Waals surface area contributed by atoms with Gasteiger partial charge in [0, 0.05) is 42.1 Å². The highest BCUT2D eigenvalue weighted by molar-refractivity contribution is 7.97. The van der Waals surface area contributed by atoms with Crippen LogP contribution in [0.3, 0.4) is 0 Å². The Labute approximate surface area is 181 Å². The van der Waals surface area contributed by atoms with Gasteiger partial charge in [-0.15, -0.1) is 0 Å². The van der Waals surface area contributed by atoms with Gasteiger partial charge in [-0.05, 0) is 24.6 Å². The van der Waals surface area contributed by atoms with Gasteiger partial charge in [0.15, 0.2) is 5.76 Å². The van der Waals surface area contributed by atoms with Crippen LogP contribution in [0.15, 0.2) is 59.0 Å². The quantitative estimate of drug-likeness (QED) is 0.519. The molecule has 1 aromatic heterocycles. The van der Waals surface area contributed by atoms with Crippen molar-refractivity contribution >= 4 is 28.6 Å². The second-order valence-corrected chi connectivity index (χ2v) is 8.43. The lowest BCUT2D eigenvalue weighted by molar-refractivity contribution is 0.0374. The molecule has 4 rings (SSSR count). The number of nitrogens with one attached hydrogen (secondary N) is 1. The number of fused-ring (bicyclic) bond motifs is 1. The molecule has 1 aliphatic rings. The molecule has 1 saturated heterocycles. The van der Waals surface area contributed by atoms with Gasteiger partial charge in [0.05, 0.1) is 13.2 Å². The molecule has 2 aromatic carbocycles. The van der Waals surface area contributed by atoms with Gasteiger partial charge >= 0.3 is 0 Å². The fourth-order valence-electron chi connectivity index (χ4n) is 3.68. The Morgan fingerprint density at radius 3 is 2.60 bits per heavy atom. The van der Waals surface area contributed by atoms with Gasteiger partial charge < -0.3 is 14.5 Å². The van der Waals surface area contributed by atoms with Gasteiger partial charge in [-0.1, -0.05) is 48.5 Å². The lowest BCUT2D eigenvalue weighted by Crippen LogP contribution is -2.38. The van der Waals surface area contributed by atoms with E-state index in [0.29, 0.717) is 12.3 Å². The van der Waals surface area contributed by atoms with Gasteiger partial charge in [-0.25, -0.2) is 0 Å². The minimum Gasteiger partial charge on any atom is -0.451 e. The average molecular weight is 425 g/mol. The number of para-hydroxylation sites is 1. The van der Waals surface area contributed by atoms with E-state index in [1.54, 1.807) is 11.8 Å². The van der Waals surface area contributed by atoms with Crippen LogP contribution in [-0.2, 0) is 16.2 Å². The summed E-state index contributed by atoms with van der Waals surface area (Å²) in [5.41, 5.74) is 3.04. The Bertz CT molecular complexity index is 951. The molecule has 2 heterocycles. The zero-order valence-electron chi connectivity index (χ0n) is 17.1. The maximum absolute atomic E-state index is 12.9. The zero-order valence-corrected chi connectivity index (χ0v) is 18.0. The molecule has 3 aromatic rings. The average Bonchev–Trinajstić information content (AvgIpc) is 3.17. The SMILES string of the molecule is O=C(NCCCN1CCOCC1)c1oc2ccccc2c1CSCc1ccccc1. The van der Waals surface area contributed by atoms with Gasteiger partial charge in [0.2, 0.25) is 0 Å². The summed E-state index contributed by atoms with van der Waals surface area (Å²) in [5.74, 6) is 1.97. The molecule has 158 valence electrons. The fourth-order valence-corrected chi connectivity index (χ4v) is 4.70. The number of amides is 1. The Hall–Kier alpha value is -2.28. The Balaban J connectivity index is 1.36. The maximum Gasteiger partial charge on any atom is 0.287 e. The standard InChI is InChI=1S/C24H28N2O3S/c27-24(25-11-6-12-26-13-15-28-16-14-26)23-21(20-9-4-5-10-22(20)29-23)18-30-17-19-7-2-1-3-8-19/h1-5,7-10H,6,11-18H2,(H,25,27). The third kappa shape index (κ3) is 5.45. The number of hydrogen-bond acceptors (Lipinski definition) is 5. The summed E-state index contributed by atoms with van der Waals surface area (Å²) in [7, 11) is 0. The van der Waals surface area contributed by atoms with Crippen LogP contribution in [0.4, 0.5) is 0 Å². The number of furan rings is 1. The van der Waals surface area contributed by atoms with Crippen LogP contribution >= 0.6 is 11.8 Å². The third-order valence-corrected chi connectivity index (χ3v) is 6.33. The number of rotatable bonds is 9. The summed E-state index contributed by atoms with van der Waals surface area (Å²) in [5, 5.41) is 4.07. The zero-order chi connectivity index (χ0) is 20.6. The molecule has 0 aliphatic carbocycles. The lowest BCUT2D eigenvalue weighted by Gasteiger charge is -2.26. The van der Waals surface area contributed by atoms with Gasteiger partial charge in [0.25, 0.3) is 5.91 Å². The van der Waals surface area contributed by atoms with E-state index in [1.165, 1.54) is 5.56 Å². The molecule has 0 saturated carbocycles. The van der Waals surface area contributed by atoms with E-state index in [-0.39, 0.29) is 5.91 Å². The van der Waals surface area contributed by atoms with Crippen molar-refractivity contribution in [2.45, 2.75) is 17.9 Å². The molecule has 1 fully saturated rings. The van der Waals surface area contributed by atoms with E-state index < -0.39 is 0 Å². The number of carbonyl (C=O) groups is 1. The molecule has 5 nitrogen and oxygen atoms in total. The second kappa shape index (κ2) is 10.7. The number of benzene rings is 2. The van der Waals surface area contributed by atoms with Crippen molar-refractivity contribution < 1.29 is 13.9 Å². The smallest absolute Gasteiger partial charge is 0.287 e. The molecule has 0 unspecified atom stereocenters. The van der Waals surface area contributed by atoms with Crippen LogP contribution in [0.25, 0.3) is 11.0 Å². The molecular formula is C24H28N2O3S. The van der Waals surface area contributed by atoms with Crippen LogP contribution in [0.5, 0.6) is 0 Å². The number of nitrogens with zero attached hydrogens (tertiary/aromatic N) is 1. The van der Waals surface area contributed by atoms with Crippen molar-refractivity contribution in [3.8, 4) is 0 Å². The molecule has 30 heavy (non-hydrogen) atoms. The first kappa shape index (κ1) is 21.0. The fraction of sp³-hybridized carbons (Fsp3) is 0.375. The van der Waals surface area contributed by atoms with E-state index in [0.717, 1.165) is 67.3 Å². The van der Waals surface area contributed by atoms with Crippen LogP contribution in [0, 0.1) is 0 Å². The van der Waals surface area contributed by atoms with Crippen molar-refractivity contribution in [2.24, 2.45) is 0 Å². The normalized spacial score (nSPS) is 14.8. The van der Waals surface area contributed by atoms with Crippen LogP contribution in [0.2, 0.25) is 0 Å². The summed E-state index contributed by atoms with van der Waals surface area (Å²) < 4.78 is 11.3. The predicted octanol–water partition coefficient (Wildman–Crippen LogP) is 4.32. The molecule has 6 heteroatoms. The molecule has 1 amide bonds. The van der Waals surface area contributed by atoms with E-state index in [1.807, 2.05) is 30.3 Å². The Kier molecular flexibility index (Phi) is 7.45. The van der Waals surface area contributed by atoms with E-state index in [2.05, 4.69) is 34.5 Å². The van der Waals surface area contributed by atoms with Crippen molar-refractivity contribution in [3.05, 3.63) is 71.5 Å². The Morgan fingerprint density at radius 1 is 1.00 bits per heavy atom.